The molecule has 94 valence electrons. The van der Waals surface area contributed by atoms with Gasteiger partial charge in [0.1, 0.15) is 0 Å². The van der Waals surface area contributed by atoms with E-state index in [2.05, 4.69) is 24.2 Å². The summed E-state index contributed by atoms with van der Waals surface area (Å²) < 4.78 is 0. The molecule has 0 aromatic carbocycles. The normalized spacial score (nSPS) is 38.1. The lowest BCUT2D eigenvalue weighted by Gasteiger charge is -2.36. The first-order valence-corrected chi connectivity index (χ1v) is 6.75. The molecule has 0 bridgehead atoms. The van der Waals surface area contributed by atoms with E-state index >= 15 is 0 Å². The van der Waals surface area contributed by atoms with Crippen LogP contribution in [-0.2, 0) is 0 Å². The molecule has 2 aliphatic rings. The van der Waals surface area contributed by atoms with E-state index in [0.29, 0.717) is 6.04 Å². The highest BCUT2D eigenvalue weighted by Crippen LogP contribution is 2.27. The van der Waals surface area contributed by atoms with Crippen LogP contribution in [0.1, 0.15) is 32.6 Å². The predicted octanol–water partition coefficient (Wildman–Crippen LogP) is 1.08. The zero-order chi connectivity index (χ0) is 11.5. The van der Waals surface area contributed by atoms with Crippen LogP contribution in [0.3, 0.4) is 0 Å². The van der Waals surface area contributed by atoms with Crippen LogP contribution in [0.4, 0.5) is 0 Å². The van der Waals surface area contributed by atoms with E-state index in [1.54, 1.807) is 0 Å². The van der Waals surface area contributed by atoms with Gasteiger partial charge in [0, 0.05) is 12.6 Å². The van der Waals surface area contributed by atoms with E-state index in [1.807, 2.05) is 0 Å². The van der Waals surface area contributed by atoms with Gasteiger partial charge in [-0.25, -0.2) is 0 Å². The van der Waals surface area contributed by atoms with Crippen LogP contribution < -0.4 is 5.32 Å². The highest BCUT2D eigenvalue weighted by atomic mass is 16.3. The molecule has 0 radical (unpaired) electrons. The van der Waals surface area contributed by atoms with Gasteiger partial charge in [0.15, 0.2) is 0 Å². The largest absolute Gasteiger partial charge is 0.393 e. The van der Waals surface area contributed by atoms with Crippen molar-refractivity contribution in [2.24, 2.45) is 11.8 Å². The molecular formula is C13H26N2O. The molecule has 1 heterocycles. The maximum Gasteiger partial charge on any atom is 0.0546 e. The van der Waals surface area contributed by atoms with Crippen LogP contribution >= 0.6 is 0 Å². The number of nitrogens with one attached hydrogen (secondary N) is 1. The fourth-order valence-corrected chi connectivity index (χ4v) is 3.00. The molecule has 16 heavy (non-hydrogen) atoms. The Bertz CT molecular complexity index is 216. The molecule has 1 aliphatic heterocycles. The van der Waals surface area contributed by atoms with Gasteiger partial charge in [-0.3, -0.25) is 0 Å². The summed E-state index contributed by atoms with van der Waals surface area (Å²) in [5.41, 5.74) is 0. The Morgan fingerprint density at radius 3 is 2.81 bits per heavy atom. The van der Waals surface area contributed by atoms with Crippen molar-refractivity contribution in [2.45, 2.75) is 44.8 Å². The molecule has 3 nitrogen and oxygen atoms in total. The van der Waals surface area contributed by atoms with Crippen molar-refractivity contribution in [1.82, 2.24) is 10.2 Å². The summed E-state index contributed by atoms with van der Waals surface area (Å²) in [5.74, 6) is 1.53. The summed E-state index contributed by atoms with van der Waals surface area (Å²) in [6, 6.07) is 0.625. The molecule has 0 spiro atoms. The van der Waals surface area contributed by atoms with E-state index in [0.717, 1.165) is 31.2 Å². The molecule has 2 N–H and O–H groups in total. The Morgan fingerprint density at radius 1 is 1.44 bits per heavy atom. The average molecular weight is 226 g/mol. The van der Waals surface area contributed by atoms with Crippen molar-refractivity contribution < 1.29 is 5.11 Å². The Kier molecular flexibility index (Phi) is 4.22. The Balaban J connectivity index is 1.64. The summed E-state index contributed by atoms with van der Waals surface area (Å²) in [7, 11) is 2.22. The molecule has 2 atom stereocenters. The van der Waals surface area contributed by atoms with Crippen LogP contribution in [0.5, 0.6) is 0 Å². The number of nitrogens with zero attached hydrogens (tertiary/aromatic N) is 1. The molecule has 2 unspecified atom stereocenters. The fourth-order valence-electron chi connectivity index (χ4n) is 3.00. The number of rotatable bonds is 4. The summed E-state index contributed by atoms with van der Waals surface area (Å²) in [4.78, 5) is 2.44. The monoisotopic (exact) mass is 226 g/mol. The minimum Gasteiger partial charge on any atom is -0.393 e. The molecule has 3 heteroatoms. The standard InChI is InChI=1S/C13H26N2O/c1-10(12-4-3-5-15(2)9-12)14-8-11-6-13(16)7-11/h10-14,16H,3-9H2,1-2H3. The molecule has 0 amide bonds. The van der Waals surface area contributed by atoms with E-state index in [9.17, 15) is 5.11 Å². The fraction of sp³-hybridized carbons (Fsp3) is 1.00. The average Bonchev–Trinajstić information content (AvgIpc) is 2.22. The summed E-state index contributed by atoms with van der Waals surface area (Å²) in [6.07, 6.45) is 4.71. The molecule has 2 fully saturated rings. The predicted molar refractivity (Wildman–Crippen MR) is 66.4 cm³/mol. The molecule has 0 aromatic heterocycles. The lowest BCUT2D eigenvalue weighted by atomic mass is 9.82. The van der Waals surface area contributed by atoms with Gasteiger partial charge in [0.2, 0.25) is 0 Å². The minimum atomic E-state index is -0.0112. The highest BCUT2D eigenvalue weighted by Gasteiger charge is 2.28. The first-order valence-electron chi connectivity index (χ1n) is 6.75. The third-order valence-corrected chi connectivity index (χ3v) is 4.31. The van der Waals surface area contributed by atoms with Crippen molar-refractivity contribution >= 4 is 0 Å². The number of aliphatic hydroxyl groups excluding tert-OH is 1. The van der Waals surface area contributed by atoms with Crippen molar-refractivity contribution in [3.8, 4) is 0 Å². The first-order chi connectivity index (χ1) is 7.65. The number of piperidine rings is 1. The van der Waals surface area contributed by atoms with Crippen molar-refractivity contribution in [3.05, 3.63) is 0 Å². The van der Waals surface area contributed by atoms with Crippen molar-refractivity contribution in [2.75, 3.05) is 26.7 Å². The van der Waals surface area contributed by atoms with Crippen LogP contribution in [0.15, 0.2) is 0 Å². The number of hydrogen-bond donors (Lipinski definition) is 2. The summed E-state index contributed by atoms with van der Waals surface area (Å²) >= 11 is 0. The summed E-state index contributed by atoms with van der Waals surface area (Å²) in [6.45, 7) is 5.91. The van der Waals surface area contributed by atoms with Gasteiger partial charge in [0.25, 0.3) is 0 Å². The van der Waals surface area contributed by atoms with E-state index in [1.165, 1.54) is 25.9 Å². The molecule has 2 rings (SSSR count). The second-order valence-electron chi connectivity index (χ2n) is 5.85. The third-order valence-electron chi connectivity index (χ3n) is 4.31. The van der Waals surface area contributed by atoms with Crippen LogP contribution in [0.2, 0.25) is 0 Å². The molecule has 1 aliphatic carbocycles. The van der Waals surface area contributed by atoms with E-state index < -0.39 is 0 Å². The van der Waals surface area contributed by atoms with Gasteiger partial charge in [-0.15, -0.1) is 0 Å². The van der Waals surface area contributed by atoms with Crippen LogP contribution in [0.25, 0.3) is 0 Å². The Hall–Kier alpha value is -0.120. The third kappa shape index (κ3) is 3.19. The number of hydrogen-bond acceptors (Lipinski definition) is 3. The van der Waals surface area contributed by atoms with E-state index in [-0.39, 0.29) is 6.10 Å². The van der Waals surface area contributed by atoms with Gasteiger partial charge >= 0.3 is 0 Å². The maximum atomic E-state index is 9.23. The van der Waals surface area contributed by atoms with Gasteiger partial charge in [-0.1, -0.05) is 0 Å². The van der Waals surface area contributed by atoms with Crippen LogP contribution in [0, 0.1) is 11.8 Å². The summed E-state index contributed by atoms with van der Waals surface area (Å²) in [5, 5.41) is 12.9. The molecule has 1 saturated heterocycles. The first kappa shape index (κ1) is 12.3. The molecular weight excluding hydrogens is 200 g/mol. The lowest BCUT2D eigenvalue weighted by Crippen LogP contribution is -2.46. The van der Waals surface area contributed by atoms with Gasteiger partial charge in [0.05, 0.1) is 6.10 Å². The second-order valence-corrected chi connectivity index (χ2v) is 5.85. The Labute approximate surface area is 99.2 Å². The Morgan fingerprint density at radius 2 is 2.19 bits per heavy atom. The second kappa shape index (κ2) is 5.48. The van der Waals surface area contributed by atoms with E-state index in [4.69, 9.17) is 0 Å². The SMILES string of the molecule is CC(NCC1CC(O)C1)C1CCCN(C)C1. The van der Waals surface area contributed by atoms with Crippen molar-refractivity contribution in [3.63, 3.8) is 0 Å². The van der Waals surface area contributed by atoms with Gasteiger partial charge in [-0.05, 0) is 64.6 Å². The minimum absolute atomic E-state index is 0.0112. The maximum absolute atomic E-state index is 9.23. The molecule has 0 aromatic rings. The number of likely N-dealkylation sites (tertiary alicyclic amines) is 1. The lowest BCUT2D eigenvalue weighted by molar-refractivity contribution is 0.0402. The smallest absolute Gasteiger partial charge is 0.0546 e. The van der Waals surface area contributed by atoms with Crippen molar-refractivity contribution in [1.29, 1.82) is 0 Å². The molecule has 1 saturated carbocycles. The van der Waals surface area contributed by atoms with Gasteiger partial charge in [-0.2, -0.15) is 0 Å². The topological polar surface area (TPSA) is 35.5 Å². The van der Waals surface area contributed by atoms with Gasteiger partial charge < -0.3 is 15.3 Å². The number of aliphatic hydroxyl groups is 1. The zero-order valence-electron chi connectivity index (χ0n) is 10.7. The van der Waals surface area contributed by atoms with Crippen LogP contribution in [-0.4, -0.2) is 48.8 Å². The zero-order valence-corrected chi connectivity index (χ0v) is 10.7. The highest BCUT2D eigenvalue weighted by molar-refractivity contribution is 4.84. The quantitative estimate of drug-likeness (QED) is 0.753.